The molecule has 4 heteroatoms. The maximum atomic E-state index is 5.52. The smallest absolute Gasteiger partial charge is 0.126 e. The molecule has 1 fully saturated rings. The zero-order valence-corrected chi connectivity index (χ0v) is 9.55. The van der Waals surface area contributed by atoms with E-state index in [0.717, 1.165) is 11.7 Å². The molecule has 1 aromatic heterocycles. The van der Waals surface area contributed by atoms with Gasteiger partial charge >= 0.3 is 0 Å². The number of nitrogens with two attached hydrogens (primary N) is 1. The molecule has 0 bridgehead atoms. The third kappa shape index (κ3) is 2.45. The molecule has 80 valence electrons. The van der Waals surface area contributed by atoms with E-state index in [4.69, 9.17) is 18.0 Å². The second-order valence-electron chi connectivity index (χ2n) is 4.19. The van der Waals surface area contributed by atoms with Crippen LogP contribution in [0.5, 0.6) is 0 Å². The Morgan fingerprint density at radius 1 is 1.53 bits per heavy atom. The van der Waals surface area contributed by atoms with Crippen molar-refractivity contribution >= 4 is 23.0 Å². The predicted molar refractivity (Wildman–Crippen MR) is 65.9 cm³/mol. The lowest BCUT2D eigenvalue weighted by Gasteiger charge is -2.33. The summed E-state index contributed by atoms with van der Waals surface area (Å²) in [6.45, 7) is 2.26. The van der Waals surface area contributed by atoms with E-state index in [1.807, 2.05) is 18.2 Å². The molecular formula is C11H15N3S. The van der Waals surface area contributed by atoms with Crippen LogP contribution in [-0.2, 0) is 0 Å². The number of aromatic nitrogens is 1. The van der Waals surface area contributed by atoms with Gasteiger partial charge in [0.15, 0.2) is 0 Å². The highest BCUT2D eigenvalue weighted by Crippen LogP contribution is 2.28. The molecule has 0 spiro atoms. The lowest BCUT2D eigenvalue weighted by molar-refractivity contribution is 0.308. The molecule has 3 nitrogen and oxygen atoms in total. The summed E-state index contributed by atoms with van der Waals surface area (Å²) in [4.78, 5) is 4.69. The zero-order valence-electron chi connectivity index (χ0n) is 8.73. The number of rotatable bonds is 3. The lowest BCUT2D eigenvalue weighted by atomic mass is 9.82. The van der Waals surface area contributed by atoms with Crippen molar-refractivity contribution in [2.24, 2.45) is 11.7 Å². The Hall–Kier alpha value is -1.16. The van der Waals surface area contributed by atoms with Crippen molar-refractivity contribution in [1.82, 2.24) is 4.98 Å². The van der Waals surface area contributed by atoms with Gasteiger partial charge in [0.1, 0.15) is 10.8 Å². The molecule has 3 N–H and O–H groups in total. The first-order valence-corrected chi connectivity index (χ1v) is 5.59. The van der Waals surface area contributed by atoms with E-state index in [0.29, 0.717) is 16.7 Å². The number of hydrogen-bond donors (Lipinski definition) is 2. The lowest BCUT2D eigenvalue weighted by Crippen LogP contribution is -2.34. The average Bonchev–Trinajstić information content (AvgIpc) is 2.16. The quantitative estimate of drug-likeness (QED) is 0.766. The summed E-state index contributed by atoms with van der Waals surface area (Å²) in [5.41, 5.74) is 6.21. The zero-order chi connectivity index (χ0) is 10.8. The van der Waals surface area contributed by atoms with Gasteiger partial charge in [-0.25, -0.2) is 4.98 Å². The van der Waals surface area contributed by atoms with Gasteiger partial charge in [-0.1, -0.05) is 25.2 Å². The molecule has 1 aliphatic rings. The van der Waals surface area contributed by atoms with Crippen molar-refractivity contribution in [2.45, 2.75) is 25.8 Å². The molecule has 0 radical (unpaired) electrons. The first-order chi connectivity index (χ1) is 7.15. The molecule has 0 amide bonds. The van der Waals surface area contributed by atoms with Crippen LogP contribution in [0.3, 0.4) is 0 Å². The summed E-state index contributed by atoms with van der Waals surface area (Å²) in [5.74, 6) is 1.71. The van der Waals surface area contributed by atoms with Gasteiger partial charge in [0.25, 0.3) is 0 Å². The fraction of sp³-hybridized carbons (Fsp3) is 0.455. The minimum absolute atomic E-state index is 0.348. The molecule has 2 rings (SSSR count). The minimum atomic E-state index is 0.348. The maximum Gasteiger partial charge on any atom is 0.126 e. The van der Waals surface area contributed by atoms with Crippen LogP contribution in [0.1, 0.15) is 25.5 Å². The number of nitrogens with one attached hydrogen (secondary N) is 1. The van der Waals surface area contributed by atoms with Crippen LogP contribution in [-0.4, -0.2) is 16.0 Å². The SMILES string of the molecule is CC1CC(Nc2cccc(C(N)=S)n2)C1. The largest absolute Gasteiger partial charge is 0.388 e. The van der Waals surface area contributed by atoms with Gasteiger partial charge in [-0.2, -0.15) is 0 Å². The van der Waals surface area contributed by atoms with E-state index < -0.39 is 0 Å². The van der Waals surface area contributed by atoms with Crippen molar-refractivity contribution in [3.8, 4) is 0 Å². The monoisotopic (exact) mass is 221 g/mol. The number of hydrogen-bond acceptors (Lipinski definition) is 3. The van der Waals surface area contributed by atoms with E-state index in [1.165, 1.54) is 12.8 Å². The molecule has 0 aromatic carbocycles. The third-order valence-electron chi connectivity index (χ3n) is 2.73. The summed E-state index contributed by atoms with van der Waals surface area (Å²) in [6.07, 6.45) is 2.44. The van der Waals surface area contributed by atoms with Crippen molar-refractivity contribution in [2.75, 3.05) is 5.32 Å². The topological polar surface area (TPSA) is 50.9 Å². The summed E-state index contributed by atoms with van der Waals surface area (Å²) in [7, 11) is 0. The Bertz CT molecular complexity index is 372. The van der Waals surface area contributed by atoms with Gasteiger partial charge in [-0.15, -0.1) is 0 Å². The van der Waals surface area contributed by atoms with Crippen LogP contribution >= 0.6 is 12.2 Å². The van der Waals surface area contributed by atoms with Gasteiger partial charge in [-0.3, -0.25) is 0 Å². The van der Waals surface area contributed by atoms with Gasteiger partial charge in [0.2, 0.25) is 0 Å². The third-order valence-corrected chi connectivity index (χ3v) is 2.94. The Labute approximate surface area is 95.1 Å². The molecule has 1 heterocycles. The van der Waals surface area contributed by atoms with Gasteiger partial charge in [-0.05, 0) is 30.9 Å². The van der Waals surface area contributed by atoms with Crippen LogP contribution in [0.25, 0.3) is 0 Å². The summed E-state index contributed by atoms with van der Waals surface area (Å²) >= 11 is 4.88. The number of thiocarbonyl (C=S) groups is 1. The first kappa shape index (κ1) is 10.4. The number of anilines is 1. The standard InChI is InChI=1S/C11H15N3S/c1-7-5-8(6-7)13-10-4-2-3-9(14-10)11(12)15/h2-4,7-8H,5-6H2,1H3,(H2,12,15)(H,13,14). The van der Waals surface area contributed by atoms with Crippen molar-refractivity contribution < 1.29 is 0 Å². The van der Waals surface area contributed by atoms with Crippen LogP contribution < -0.4 is 11.1 Å². The second kappa shape index (κ2) is 4.14. The second-order valence-corrected chi connectivity index (χ2v) is 4.63. The Morgan fingerprint density at radius 2 is 2.27 bits per heavy atom. The highest BCUT2D eigenvalue weighted by atomic mass is 32.1. The van der Waals surface area contributed by atoms with E-state index in [-0.39, 0.29) is 0 Å². The summed E-state index contributed by atoms with van der Waals surface area (Å²) < 4.78 is 0. The van der Waals surface area contributed by atoms with Crippen LogP contribution in [0.2, 0.25) is 0 Å². The Morgan fingerprint density at radius 3 is 2.87 bits per heavy atom. The van der Waals surface area contributed by atoms with Crippen molar-refractivity contribution in [3.05, 3.63) is 23.9 Å². The highest BCUT2D eigenvalue weighted by Gasteiger charge is 2.25. The summed E-state index contributed by atoms with van der Waals surface area (Å²) in [6, 6.07) is 6.27. The first-order valence-electron chi connectivity index (χ1n) is 5.18. The van der Waals surface area contributed by atoms with Crippen LogP contribution in [0.15, 0.2) is 18.2 Å². The van der Waals surface area contributed by atoms with Crippen molar-refractivity contribution in [1.29, 1.82) is 0 Å². The van der Waals surface area contributed by atoms with E-state index >= 15 is 0 Å². The molecule has 1 aliphatic carbocycles. The normalized spacial score (nSPS) is 24.3. The molecular weight excluding hydrogens is 206 g/mol. The summed E-state index contributed by atoms with van der Waals surface area (Å²) in [5, 5.41) is 3.38. The fourth-order valence-corrected chi connectivity index (χ4v) is 2.00. The van der Waals surface area contributed by atoms with Gasteiger partial charge in [0, 0.05) is 6.04 Å². The van der Waals surface area contributed by atoms with E-state index in [1.54, 1.807) is 0 Å². The molecule has 1 saturated carbocycles. The van der Waals surface area contributed by atoms with Crippen LogP contribution in [0.4, 0.5) is 5.82 Å². The fourth-order valence-electron chi connectivity index (χ4n) is 1.88. The van der Waals surface area contributed by atoms with E-state index in [2.05, 4.69) is 17.2 Å². The predicted octanol–water partition coefficient (Wildman–Crippen LogP) is 1.93. The van der Waals surface area contributed by atoms with E-state index in [9.17, 15) is 0 Å². The maximum absolute atomic E-state index is 5.52. The van der Waals surface area contributed by atoms with Gasteiger partial charge in [0.05, 0.1) is 5.69 Å². The molecule has 0 aliphatic heterocycles. The minimum Gasteiger partial charge on any atom is -0.388 e. The average molecular weight is 221 g/mol. The number of nitrogens with zero attached hydrogens (tertiary/aromatic N) is 1. The highest BCUT2D eigenvalue weighted by molar-refractivity contribution is 7.80. The molecule has 0 unspecified atom stereocenters. The number of pyridine rings is 1. The van der Waals surface area contributed by atoms with Crippen LogP contribution in [0, 0.1) is 5.92 Å². The molecule has 1 aromatic rings. The van der Waals surface area contributed by atoms with Gasteiger partial charge < -0.3 is 11.1 Å². The molecule has 15 heavy (non-hydrogen) atoms. The Balaban J connectivity index is 2.02. The van der Waals surface area contributed by atoms with Crippen molar-refractivity contribution in [3.63, 3.8) is 0 Å². The Kier molecular flexibility index (Phi) is 2.86. The molecule has 0 atom stereocenters. The molecule has 0 saturated heterocycles.